The van der Waals surface area contributed by atoms with E-state index < -0.39 is 0 Å². The summed E-state index contributed by atoms with van der Waals surface area (Å²) < 4.78 is 2.83. The highest BCUT2D eigenvalue weighted by Gasteiger charge is 2.29. The maximum Gasteiger partial charge on any atom is 0.122 e. The normalized spacial score (nSPS) is 15.1. The minimum atomic E-state index is 0.0926. The van der Waals surface area contributed by atoms with Gasteiger partial charge in [-0.3, -0.25) is 0 Å². The average molecular weight is 348 g/mol. The Bertz CT molecular complexity index is 403. The van der Waals surface area contributed by atoms with E-state index in [-0.39, 0.29) is 11.0 Å². The molecule has 0 saturated carbocycles. The van der Waals surface area contributed by atoms with Gasteiger partial charge in [0.05, 0.1) is 9.62 Å². The number of rotatable bonds is 1. The van der Waals surface area contributed by atoms with Crippen LogP contribution in [0.15, 0.2) is 0 Å². The summed E-state index contributed by atoms with van der Waals surface area (Å²) in [6, 6.07) is 0. The second-order valence-electron chi connectivity index (χ2n) is 6.78. The first kappa shape index (κ1) is 15.0. The largest absolute Gasteiger partial charge is 0.326 e. The lowest BCUT2D eigenvalue weighted by molar-refractivity contribution is 0.375. The van der Waals surface area contributed by atoms with Crippen LogP contribution in [0.1, 0.15) is 69.6 Å². The molecule has 1 atom stereocenters. The van der Waals surface area contributed by atoms with Gasteiger partial charge in [-0.05, 0) is 34.6 Å². The molecule has 17 heavy (non-hydrogen) atoms. The lowest BCUT2D eigenvalue weighted by Crippen LogP contribution is -2.26. The maximum absolute atomic E-state index is 4.90. The summed E-state index contributed by atoms with van der Waals surface area (Å²) in [5.41, 5.74) is 2.74. The number of alkyl halides is 1. The monoisotopic (exact) mass is 348 g/mol. The Morgan fingerprint density at radius 3 is 1.82 bits per heavy atom. The zero-order chi connectivity index (χ0) is 13.6. The minimum Gasteiger partial charge on any atom is -0.326 e. The standard InChI is InChI=1S/C14H25IN2/c1-9(15)12-16-11(13(3,4)5)10(2)17(12)14(6,7)8/h9H,1-8H3. The Hall–Kier alpha value is -0.0600. The Morgan fingerprint density at radius 2 is 1.59 bits per heavy atom. The van der Waals surface area contributed by atoms with Crippen molar-refractivity contribution in [1.82, 2.24) is 9.55 Å². The quantitative estimate of drug-likeness (QED) is 0.529. The van der Waals surface area contributed by atoms with E-state index in [2.05, 4.69) is 82.5 Å². The third kappa shape index (κ3) is 3.04. The summed E-state index contributed by atoms with van der Waals surface area (Å²) in [6.45, 7) is 17.8. The van der Waals surface area contributed by atoms with E-state index in [1.54, 1.807) is 0 Å². The lowest BCUT2D eigenvalue weighted by Gasteiger charge is -2.27. The zero-order valence-corrected chi connectivity index (χ0v) is 14.5. The van der Waals surface area contributed by atoms with Crippen LogP contribution in [0.2, 0.25) is 0 Å². The molecule has 0 aliphatic carbocycles. The zero-order valence-electron chi connectivity index (χ0n) is 12.3. The predicted octanol–water partition coefficient (Wildman–Crippen LogP) is 4.74. The Labute approximate surface area is 119 Å². The number of aromatic nitrogens is 2. The number of imidazole rings is 1. The molecule has 1 heterocycles. The maximum atomic E-state index is 4.90. The van der Waals surface area contributed by atoms with Gasteiger partial charge < -0.3 is 4.57 Å². The van der Waals surface area contributed by atoms with Crippen LogP contribution in [-0.4, -0.2) is 9.55 Å². The molecule has 98 valence electrons. The van der Waals surface area contributed by atoms with Crippen molar-refractivity contribution in [3.05, 3.63) is 17.2 Å². The van der Waals surface area contributed by atoms with Gasteiger partial charge in [0.25, 0.3) is 0 Å². The lowest BCUT2D eigenvalue weighted by atomic mass is 9.91. The van der Waals surface area contributed by atoms with Crippen LogP contribution < -0.4 is 0 Å². The van der Waals surface area contributed by atoms with Crippen LogP contribution in [0.4, 0.5) is 0 Å². The molecule has 1 aromatic heterocycles. The summed E-state index contributed by atoms with van der Waals surface area (Å²) in [5.74, 6) is 1.19. The van der Waals surface area contributed by atoms with Crippen LogP contribution in [0.3, 0.4) is 0 Å². The van der Waals surface area contributed by atoms with Crippen LogP contribution >= 0.6 is 22.6 Å². The second kappa shape index (κ2) is 4.56. The van der Waals surface area contributed by atoms with Crippen molar-refractivity contribution in [2.45, 2.75) is 70.3 Å². The number of hydrogen-bond donors (Lipinski definition) is 0. The molecular weight excluding hydrogens is 323 g/mol. The van der Waals surface area contributed by atoms with E-state index in [0.29, 0.717) is 3.92 Å². The molecule has 1 aromatic rings. The summed E-state index contributed by atoms with van der Waals surface area (Å²) in [5, 5.41) is 0. The van der Waals surface area contributed by atoms with Crippen molar-refractivity contribution in [3.63, 3.8) is 0 Å². The first-order valence-corrected chi connectivity index (χ1v) is 7.45. The highest BCUT2D eigenvalue weighted by Crippen LogP contribution is 2.34. The molecule has 0 fully saturated rings. The van der Waals surface area contributed by atoms with Crippen molar-refractivity contribution in [2.75, 3.05) is 0 Å². The highest BCUT2D eigenvalue weighted by atomic mass is 127. The van der Waals surface area contributed by atoms with Gasteiger partial charge in [-0.1, -0.05) is 43.4 Å². The van der Waals surface area contributed by atoms with E-state index in [0.717, 1.165) is 0 Å². The van der Waals surface area contributed by atoms with Gasteiger partial charge in [0.15, 0.2) is 0 Å². The molecule has 1 rings (SSSR count). The molecule has 2 nitrogen and oxygen atoms in total. The second-order valence-corrected chi connectivity index (χ2v) is 8.64. The smallest absolute Gasteiger partial charge is 0.122 e. The molecule has 0 aromatic carbocycles. The minimum absolute atomic E-state index is 0.0926. The third-order valence-electron chi connectivity index (χ3n) is 2.87. The fourth-order valence-corrected chi connectivity index (χ4v) is 2.76. The average Bonchev–Trinajstić information content (AvgIpc) is 2.40. The fourth-order valence-electron chi connectivity index (χ4n) is 2.35. The van der Waals surface area contributed by atoms with Gasteiger partial charge >= 0.3 is 0 Å². The van der Waals surface area contributed by atoms with Crippen LogP contribution in [0.25, 0.3) is 0 Å². The van der Waals surface area contributed by atoms with Crippen molar-refractivity contribution >= 4 is 22.6 Å². The summed E-state index contributed by atoms with van der Waals surface area (Å²) in [7, 11) is 0. The molecule has 0 saturated heterocycles. The van der Waals surface area contributed by atoms with Gasteiger partial charge in [-0.15, -0.1) is 0 Å². The Kier molecular flexibility index (Phi) is 4.02. The molecule has 0 amide bonds. The van der Waals surface area contributed by atoms with Crippen molar-refractivity contribution in [2.24, 2.45) is 0 Å². The molecule has 0 radical (unpaired) electrons. The molecule has 0 spiro atoms. The van der Waals surface area contributed by atoms with Gasteiger partial charge in [0.2, 0.25) is 0 Å². The van der Waals surface area contributed by atoms with Crippen LogP contribution in [-0.2, 0) is 11.0 Å². The molecule has 3 heteroatoms. The van der Waals surface area contributed by atoms with Gasteiger partial charge in [-0.25, -0.2) is 4.98 Å². The van der Waals surface area contributed by atoms with Gasteiger partial charge in [0, 0.05) is 16.6 Å². The number of hydrogen-bond acceptors (Lipinski definition) is 1. The van der Waals surface area contributed by atoms with E-state index >= 15 is 0 Å². The van der Waals surface area contributed by atoms with E-state index in [9.17, 15) is 0 Å². The van der Waals surface area contributed by atoms with Crippen molar-refractivity contribution in [1.29, 1.82) is 0 Å². The summed E-state index contributed by atoms with van der Waals surface area (Å²) in [6.07, 6.45) is 0. The van der Waals surface area contributed by atoms with Crippen molar-refractivity contribution in [3.8, 4) is 0 Å². The van der Waals surface area contributed by atoms with E-state index in [1.807, 2.05) is 0 Å². The van der Waals surface area contributed by atoms with Gasteiger partial charge in [0.1, 0.15) is 5.82 Å². The molecule has 0 N–H and O–H groups in total. The topological polar surface area (TPSA) is 17.8 Å². The number of nitrogens with zero attached hydrogens (tertiary/aromatic N) is 2. The first-order chi connectivity index (χ1) is 7.46. The van der Waals surface area contributed by atoms with E-state index in [1.165, 1.54) is 17.2 Å². The first-order valence-electron chi connectivity index (χ1n) is 6.20. The van der Waals surface area contributed by atoms with Crippen molar-refractivity contribution < 1.29 is 0 Å². The molecule has 0 aliphatic rings. The SMILES string of the molecule is Cc1c(C(C)(C)C)nc(C(C)I)n1C(C)(C)C. The summed E-state index contributed by atoms with van der Waals surface area (Å²) in [4.78, 5) is 4.90. The Morgan fingerprint density at radius 1 is 1.12 bits per heavy atom. The molecule has 0 bridgehead atoms. The molecule has 1 unspecified atom stereocenters. The number of halogens is 1. The van der Waals surface area contributed by atoms with Gasteiger partial charge in [-0.2, -0.15) is 0 Å². The molecule has 0 aliphatic heterocycles. The van der Waals surface area contributed by atoms with E-state index in [4.69, 9.17) is 4.98 Å². The third-order valence-corrected chi connectivity index (χ3v) is 3.43. The van der Waals surface area contributed by atoms with Crippen LogP contribution in [0, 0.1) is 6.92 Å². The fraction of sp³-hybridized carbons (Fsp3) is 0.786. The molecular formula is C14H25IN2. The summed E-state index contributed by atoms with van der Waals surface area (Å²) >= 11 is 2.45. The highest BCUT2D eigenvalue weighted by molar-refractivity contribution is 14.1. The van der Waals surface area contributed by atoms with Crippen LogP contribution in [0.5, 0.6) is 0 Å². The predicted molar refractivity (Wildman–Crippen MR) is 83.1 cm³/mol. The Balaban J connectivity index is 3.53.